The standard InChI is InChI=1S/2C70H54F2N2/c1-43-19-7-13-25-53(43)51-39-59(55-27-15-9-21-45(55)3)69(61(71)41-51)73(63-29-17-11-23-47(63)5)65-37-33-49-32-36-58-66(38-34-50-31-35-57(65)67(49)68(50)58)74(64-30-18-12-24-48(64)6)70-60(56-28-16-10-22-46(56)4)40-52(42-62(70)72)54-26-14-8-20-44(54)2;1-43-17-15-23-53(37-43)73(69-61(57-27-13-9-21-47(57)5)39-51(41-63(69)71)55-25-11-7-19-45(55)3)65-35-31-49-30-34-60-66(36-32-50-29-33-59(65)67(49)68(50)60)74(54-24-16-18-44(2)38-54)70-62(58-28-14-10-22-48(58)6)40-52(42-64(70)72)56-26-12-8-20-46(56)4/h2*7-42H,1-6H3. The van der Waals surface area contributed by atoms with Gasteiger partial charge >= 0.3 is 0 Å². The summed E-state index contributed by atoms with van der Waals surface area (Å²) in [6, 6.07) is 149. The molecule has 0 aliphatic rings. The highest BCUT2D eigenvalue weighted by atomic mass is 19.1. The Morgan fingerprint density at radius 3 is 0.581 bits per heavy atom. The van der Waals surface area contributed by atoms with Gasteiger partial charge in [0, 0.05) is 66.5 Å². The van der Waals surface area contributed by atoms with Gasteiger partial charge in [-0.2, -0.15) is 0 Å². The van der Waals surface area contributed by atoms with Crippen LogP contribution in [0.2, 0.25) is 0 Å². The molecule has 0 bridgehead atoms. The lowest BCUT2D eigenvalue weighted by molar-refractivity contribution is 0.629. The third-order valence-electron chi connectivity index (χ3n) is 30.1. The average Bonchev–Trinajstić information content (AvgIpc) is 0.713. The fourth-order valence-electron chi connectivity index (χ4n) is 22.8. The van der Waals surface area contributed by atoms with Gasteiger partial charge in [-0.25, -0.2) is 17.6 Å². The number of para-hydroxylation sites is 2. The summed E-state index contributed by atoms with van der Waals surface area (Å²) in [5, 5.41) is 12.3. The predicted octanol–water partition coefficient (Wildman–Crippen LogP) is 40.6. The number of rotatable bonds is 20. The second kappa shape index (κ2) is 38.8. The summed E-state index contributed by atoms with van der Waals surface area (Å²) in [5.74, 6) is -1.30. The first-order chi connectivity index (χ1) is 72.1. The molecule has 0 heterocycles. The van der Waals surface area contributed by atoms with Gasteiger partial charge in [0.15, 0.2) is 0 Å². The van der Waals surface area contributed by atoms with Crippen molar-refractivity contribution in [1.29, 1.82) is 0 Å². The van der Waals surface area contributed by atoms with Crippen LogP contribution in [-0.2, 0) is 0 Å². The minimum absolute atomic E-state index is 0.325. The molecule has 0 atom stereocenters. The minimum atomic E-state index is -0.327. The smallest absolute Gasteiger partial charge is 0.148 e. The van der Waals surface area contributed by atoms with Crippen LogP contribution in [0.3, 0.4) is 0 Å². The van der Waals surface area contributed by atoms with Crippen LogP contribution in [0, 0.1) is 106 Å². The number of benzene rings is 24. The molecule has 0 saturated carbocycles. The molecular weight excluding hydrogens is 1810 g/mol. The Morgan fingerprint density at radius 1 is 0.149 bits per heavy atom. The zero-order valence-electron chi connectivity index (χ0n) is 84.9. The molecule has 8 heteroatoms. The number of anilines is 12. The molecule has 0 aliphatic carbocycles. The molecule has 0 radical (unpaired) electrons. The van der Waals surface area contributed by atoms with Crippen LogP contribution in [0.5, 0.6) is 0 Å². The van der Waals surface area contributed by atoms with Crippen molar-refractivity contribution in [2.24, 2.45) is 0 Å². The Hall–Kier alpha value is -17.7. The normalized spacial score (nSPS) is 11.5. The number of hydrogen-bond acceptors (Lipinski definition) is 4. The maximum absolute atomic E-state index is 18.1. The first-order valence-electron chi connectivity index (χ1n) is 50.8. The zero-order chi connectivity index (χ0) is 102. The Labute approximate surface area is 863 Å². The lowest BCUT2D eigenvalue weighted by atomic mass is 9.89. The maximum atomic E-state index is 18.1. The third kappa shape index (κ3) is 16.7. The monoisotopic (exact) mass is 1920 g/mol. The van der Waals surface area contributed by atoms with Gasteiger partial charge in [-0.05, 0) is 369 Å². The summed E-state index contributed by atoms with van der Waals surface area (Å²) >= 11 is 0. The Balaban J connectivity index is 0.000000163. The first kappa shape index (κ1) is 93.9. The van der Waals surface area contributed by atoms with Crippen LogP contribution in [-0.4, -0.2) is 0 Å². The highest BCUT2D eigenvalue weighted by molar-refractivity contribution is 6.30. The molecule has 0 saturated heterocycles. The van der Waals surface area contributed by atoms with Crippen molar-refractivity contribution in [3.8, 4) is 89.0 Å². The van der Waals surface area contributed by atoms with Crippen molar-refractivity contribution in [3.63, 3.8) is 0 Å². The number of nitrogens with zero attached hydrogens (tertiary/aromatic N) is 4. The van der Waals surface area contributed by atoms with Crippen LogP contribution in [0.15, 0.2) is 437 Å². The summed E-state index contributed by atoms with van der Waals surface area (Å²) in [5.41, 5.74) is 35.6. The molecule has 0 unspecified atom stereocenters. The van der Waals surface area contributed by atoms with Gasteiger partial charge < -0.3 is 19.6 Å². The van der Waals surface area contributed by atoms with Crippen molar-refractivity contribution in [3.05, 3.63) is 527 Å². The van der Waals surface area contributed by atoms with Crippen LogP contribution in [0.1, 0.15) is 66.8 Å². The first-order valence-corrected chi connectivity index (χ1v) is 50.8. The predicted molar refractivity (Wildman–Crippen MR) is 619 cm³/mol. The molecule has 148 heavy (non-hydrogen) atoms. The minimum Gasteiger partial charge on any atom is -0.307 e. The highest BCUT2D eigenvalue weighted by Crippen LogP contribution is 2.58. The fraction of sp³-hybridized carbons (Fsp3) is 0.0857. The molecule has 0 amide bonds. The number of hydrogen-bond donors (Lipinski definition) is 0. The summed E-state index contributed by atoms with van der Waals surface area (Å²) in [7, 11) is 0. The lowest BCUT2D eigenvalue weighted by Gasteiger charge is -2.33. The largest absolute Gasteiger partial charge is 0.307 e. The Bertz CT molecular complexity index is 8840. The van der Waals surface area contributed by atoms with Gasteiger partial charge in [-0.15, -0.1) is 0 Å². The van der Waals surface area contributed by atoms with E-state index in [9.17, 15) is 0 Å². The van der Waals surface area contributed by atoms with E-state index in [1.54, 1.807) is 24.3 Å². The summed E-state index contributed by atoms with van der Waals surface area (Å²) in [6.07, 6.45) is 0. The van der Waals surface area contributed by atoms with E-state index >= 15 is 17.6 Å². The van der Waals surface area contributed by atoms with Gasteiger partial charge in [0.25, 0.3) is 0 Å². The average molecular weight is 1920 g/mol. The van der Waals surface area contributed by atoms with E-state index in [0.29, 0.717) is 22.7 Å². The Kier molecular flexibility index (Phi) is 24.6. The summed E-state index contributed by atoms with van der Waals surface area (Å²) in [4.78, 5) is 8.52. The fourth-order valence-corrected chi connectivity index (χ4v) is 22.8. The molecule has 24 aromatic rings. The van der Waals surface area contributed by atoms with Gasteiger partial charge in [0.1, 0.15) is 23.3 Å². The molecule has 716 valence electrons. The molecule has 24 aromatic carbocycles. The maximum Gasteiger partial charge on any atom is 0.148 e. The highest BCUT2D eigenvalue weighted by Gasteiger charge is 2.35. The lowest BCUT2D eigenvalue weighted by Crippen LogP contribution is -2.16. The topological polar surface area (TPSA) is 13.0 Å². The van der Waals surface area contributed by atoms with Crippen molar-refractivity contribution >= 4 is 133 Å². The third-order valence-corrected chi connectivity index (χ3v) is 30.1. The van der Waals surface area contributed by atoms with E-state index in [1.165, 1.54) is 0 Å². The van der Waals surface area contributed by atoms with Gasteiger partial charge in [-0.3, -0.25) is 0 Å². The molecule has 24 rings (SSSR count). The zero-order valence-corrected chi connectivity index (χ0v) is 84.9. The van der Waals surface area contributed by atoms with Gasteiger partial charge in [0.2, 0.25) is 0 Å². The van der Waals surface area contributed by atoms with Crippen molar-refractivity contribution in [2.45, 2.75) is 83.1 Å². The molecule has 0 aromatic heterocycles. The van der Waals surface area contributed by atoms with E-state index in [2.05, 4.69) is 382 Å². The second-order valence-corrected chi connectivity index (χ2v) is 39.7. The van der Waals surface area contributed by atoms with Crippen molar-refractivity contribution in [1.82, 2.24) is 0 Å². The number of halogens is 4. The molecule has 0 aliphatic heterocycles. The van der Waals surface area contributed by atoms with Crippen molar-refractivity contribution < 1.29 is 17.6 Å². The van der Waals surface area contributed by atoms with E-state index in [1.807, 2.05) is 133 Å². The second-order valence-electron chi connectivity index (χ2n) is 39.7. The van der Waals surface area contributed by atoms with E-state index < -0.39 is 0 Å². The van der Waals surface area contributed by atoms with Gasteiger partial charge in [-0.1, -0.05) is 328 Å². The van der Waals surface area contributed by atoms with Crippen LogP contribution in [0.4, 0.5) is 85.8 Å². The quantitative estimate of drug-likeness (QED) is 0.0557. The van der Waals surface area contributed by atoms with Crippen LogP contribution < -0.4 is 19.6 Å². The molecule has 4 nitrogen and oxygen atoms in total. The van der Waals surface area contributed by atoms with E-state index in [-0.39, 0.29) is 23.3 Å². The summed E-state index contributed by atoms with van der Waals surface area (Å²) in [6.45, 7) is 25.0. The van der Waals surface area contributed by atoms with Crippen LogP contribution >= 0.6 is 0 Å². The molecule has 0 spiro atoms. The van der Waals surface area contributed by atoms with Gasteiger partial charge in [0.05, 0.1) is 45.5 Å². The molecular formula is C140H108F4N4. The molecule has 0 fully saturated rings. The van der Waals surface area contributed by atoms with Crippen LogP contribution in [0.25, 0.3) is 154 Å². The van der Waals surface area contributed by atoms with E-state index in [4.69, 9.17) is 0 Å². The number of aryl methyl sites for hydroxylation is 12. The summed E-state index contributed by atoms with van der Waals surface area (Å²) < 4.78 is 72.2. The van der Waals surface area contributed by atoms with E-state index in [0.717, 1.165) is 266 Å². The SMILES string of the molecule is Cc1cccc(N(c2c(F)cc(-c3ccccc3C)cc2-c2ccccc2C)c2ccc3ccc4c(N(c5cccc(C)c5)c5c(F)cc(-c6ccccc6C)cc5-c5ccccc5C)ccc5ccc2c3c54)c1.Cc1ccccc1-c1cc(F)c(N(c2ccccc2C)c2ccc3ccc4c(N(c5ccccc5C)c5c(F)cc(-c6ccccc6C)cc5-c5ccccc5C)ccc5ccc2c3c54)c(-c2ccccc2C)c1. The Morgan fingerprint density at radius 2 is 0.351 bits per heavy atom. The van der Waals surface area contributed by atoms with Crippen molar-refractivity contribution in [2.75, 3.05) is 19.6 Å². The molecule has 0 N–H and O–H groups in total.